The smallest absolute Gasteiger partial charge is 0.330 e. The number of ether oxygens (including phenoxy) is 2. The molecule has 0 saturated heterocycles. The standard InChI is InChI=1S/C17H26O5/c1-4-13-14(16(11-15(13)19)22-12(2)18)9-7-5-6-8-10-17(20)21-3/h4,8,10,13-16,19H,1,5-7,9,11H2,2-3H3/b10-8+/t13-,14-,15-,16+/m1/s1. The van der Waals surface area contributed by atoms with E-state index in [2.05, 4.69) is 11.3 Å². The Morgan fingerprint density at radius 1 is 1.36 bits per heavy atom. The topological polar surface area (TPSA) is 72.8 Å². The van der Waals surface area contributed by atoms with Gasteiger partial charge in [0.2, 0.25) is 0 Å². The van der Waals surface area contributed by atoms with Crippen LogP contribution in [0.5, 0.6) is 0 Å². The van der Waals surface area contributed by atoms with Crippen LogP contribution in [0, 0.1) is 11.8 Å². The number of esters is 2. The van der Waals surface area contributed by atoms with E-state index in [0.29, 0.717) is 6.42 Å². The lowest BCUT2D eigenvalue weighted by atomic mass is 9.88. The molecule has 1 aliphatic rings. The molecule has 0 bridgehead atoms. The molecule has 0 aliphatic heterocycles. The van der Waals surface area contributed by atoms with Gasteiger partial charge in [-0.05, 0) is 19.3 Å². The Bertz CT molecular complexity index is 415. The van der Waals surface area contributed by atoms with Crippen LogP contribution in [0.15, 0.2) is 24.8 Å². The molecule has 0 aromatic heterocycles. The van der Waals surface area contributed by atoms with Crippen molar-refractivity contribution in [2.24, 2.45) is 11.8 Å². The molecule has 0 radical (unpaired) electrons. The highest BCUT2D eigenvalue weighted by Gasteiger charge is 2.42. The van der Waals surface area contributed by atoms with E-state index in [4.69, 9.17) is 4.74 Å². The fourth-order valence-electron chi connectivity index (χ4n) is 3.05. The van der Waals surface area contributed by atoms with Crippen molar-refractivity contribution in [2.75, 3.05) is 7.11 Å². The van der Waals surface area contributed by atoms with Gasteiger partial charge in [-0.2, -0.15) is 0 Å². The van der Waals surface area contributed by atoms with Gasteiger partial charge in [0.15, 0.2) is 0 Å². The van der Waals surface area contributed by atoms with Gasteiger partial charge in [0.25, 0.3) is 0 Å². The van der Waals surface area contributed by atoms with Crippen molar-refractivity contribution in [3.05, 3.63) is 24.8 Å². The van der Waals surface area contributed by atoms with Crippen molar-refractivity contribution in [1.82, 2.24) is 0 Å². The van der Waals surface area contributed by atoms with Gasteiger partial charge in [0, 0.05) is 31.3 Å². The summed E-state index contributed by atoms with van der Waals surface area (Å²) < 4.78 is 9.85. The highest BCUT2D eigenvalue weighted by molar-refractivity contribution is 5.81. The number of hydrogen-bond donors (Lipinski definition) is 1. The van der Waals surface area contributed by atoms with Crippen molar-refractivity contribution in [2.45, 2.75) is 51.2 Å². The second-order valence-electron chi connectivity index (χ2n) is 5.64. The predicted molar refractivity (Wildman–Crippen MR) is 83.0 cm³/mol. The summed E-state index contributed by atoms with van der Waals surface area (Å²) in [5, 5.41) is 10.0. The van der Waals surface area contributed by atoms with E-state index >= 15 is 0 Å². The largest absolute Gasteiger partial charge is 0.466 e. The predicted octanol–water partition coefficient (Wildman–Crippen LogP) is 2.39. The molecule has 4 atom stereocenters. The Labute approximate surface area is 132 Å². The summed E-state index contributed by atoms with van der Waals surface area (Å²) in [6.07, 6.45) is 8.24. The molecular weight excluding hydrogens is 284 g/mol. The Morgan fingerprint density at radius 3 is 2.68 bits per heavy atom. The van der Waals surface area contributed by atoms with Gasteiger partial charge in [-0.25, -0.2) is 4.79 Å². The maximum Gasteiger partial charge on any atom is 0.330 e. The second kappa shape index (κ2) is 9.41. The van der Waals surface area contributed by atoms with Crippen molar-refractivity contribution >= 4 is 11.9 Å². The Kier molecular flexibility index (Phi) is 7.88. The fraction of sp³-hybridized carbons (Fsp3) is 0.647. The van der Waals surface area contributed by atoms with E-state index in [9.17, 15) is 14.7 Å². The third-order valence-corrected chi connectivity index (χ3v) is 4.09. The number of allylic oxidation sites excluding steroid dienone is 1. The molecule has 0 aromatic rings. The minimum absolute atomic E-state index is 0.0324. The lowest BCUT2D eigenvalue weighted by Gasteiger charge is -2.22. The lowest BCUT2D eigenvalue weighted by molar-refractivity contribution is -0.148. The fourth-order valence-corrected chi connectivity index (χ4v) is 3.05. The van der Waals surface area contributed by atoms with Gasteiger partial charge < -0.3 is 14.6 Å². The van der Waals surface area contributed by atoms with Gasteiger partial charge >= 0.3 is 11.9 Å². The summed E-state index contributed by atoms with van der Waals surface area (Å²) in [6, 6.07) is 0. The third kappa shape index (κ3) is 5.64. The average molecular weight is 310 g/mol. The van der Waals surface area contributed by atoms with E-state index in [1.54, 1.807) is 12.2 Å². The maximum atomic E-state index is 11.2. The van der Waals surface area contributed by atoms with Crippen LogP contribution in [0.2, 0.25) is 0 Å². The summed E-state index contributed by atoms with van der Waals surface area (Å²) in [5.41, 5.74) is 0. The van der Waals surface area contributed by atoms with Crippen LogP contribution in [0.1, 0.15) is 39.0 Å². The Hall–Kier alpha value is -1.62. The molecule has 0 aromatic carbocycles. The van der Waals surface area contributed by atoms with Crippen molar-refractivity contribution in [3.63, 3.8) is 0 Å². The molecule has 5 nitrogen and oxygen atoms in total. The first kappa shape index (κ1) is 18.4. The highest BCUT2D eigenvalue weighted by Crippen LogP contribution is 2.38. The van der Waals surface area contributed by atoms with Crippen molar-refractivity contribution < 1.29 is 24.2 Å². The lowest BCUT2D eigenvalue weighted by Crippen LogP contribution is -2.24. The Morgan fingerprint density at radius 2 is 2.09 bits per heavy atom. The molecule has 0 unspecified atom stereocenters. The number of aliphatic hydroxyl groups excluding tert-OH is 1. The van der Waals surface area contributed by atoms with Crippen molar-refractivity contribution in [1.29, 1.82) is 0 Å². The van der Waals surface area contributed by atoms with Crippen molar-refractivity contribution in [3.8, 4) is 0 Å². The van der Waals surface area contributed by atoms with Gasteiger partial charge in [0.1, 0.15) is 6.10 Å². The molecule has 0 heterocycles. The third-order valence-electron chi connectivity index (χ3n) is 4.09. The molecule has 1 fully saturated rings. The molecule has 1 N–H and O–H groups in total. The summed E-state index contributed by atoms with van der Waals surface area (Å²) in [6.45, 7) is 5.17. The number of rotatable bonds is 8. The molecule has 1 rings (SSSR count). The Balaban J connectivity index is 2.42. The monoisotopic (exact) mass is 310 g/mol. The zero-order valence-electron chi connectivity index (χ0n) is 13.4. The number of aliphatic hydroxyl groups is 1. The molecule has 1 saturated carbocycles. The van der Waals surface area contributed by atoms with Gasteiger partial charge in [-0.3, -0.25) is 4.79 Å². The van der Waals surface area contributed by atoms with E-state index < -0.39 is 6.10 Å². The van der Waals surface area contributed by atoms with E-state index in [-0.39, 0.29) is 29.9 Å². The van der Waals surface area contributed by atoms with Gasteiger partial charge in [-0.15, -0.1) is 6.58 Å². The summed E-state index contributed by atoms with van der Waals surface area (Å²) in [4.78, 5) is 22.1. The van der Waals surface area contributed by atoms with Crippen LogP contribution in [0.25, 0.3) is 0 Å². The first-order valence-corrected chi connectivity index (χ1v) is 7.72. The highest BCUT2D eigenvalue weighted by atomic mass is 16.5. The number of carbonyl (C=O) groups excluding carboxylic acids is 2. The van der Waals surface area contributed by atoms with Gasteiger partial charge in [0.05, 0.1) is 13.2 Å². The van der Waals surface area contributed by atoms with E-state index in [0.717, 1.165) is 25.7 Å². The zero-order chi connectivity index (χ0) is 16.5. The quantitative estimate of drug-likeness (QED) is 0.322. The zero-order valence-corrected chi connectivity index (χ0v) is 13.4. The average Bonchev–Trinajstić information content (AvgIpc) is 2.76. The molecule has 22 heavy (non-hydrogen) atoms. The summed E-state index contributed by atoms with van der Waals surface area (Å²) >= 11 is 0. The number of hydrogen-bond acceptors (Lipinski definition) is 5. The normalized spacial score (nSPS) is 27.8. The number of unbranched alkanes of at least 4 members (excludes halogenated alkanes) is 2. The first-order chi connectivity index (χ1) is 10.5. The SMILES string of the molecule is C=C[C@@H]1[C@@H](CCCC/C=C/C(=O)OC)[C@@H](OC(C)=O)C[C@H]1O. The van der Waals surface area contributed by atoms with Crippen LogP contribution in [-0.4, -0.2) is 36.4 Å². The van der Waals surface area contributed by atoms with Crippen LogP contribution in [-0.2, 0) is 19.1 Å². The minimum Gasteiger partial charge on any atom is -0.466 e. The van der Waals surface area contributed by atoms with E-state index in [1.165, 1.54) is 20.1 Å². The molecule has 1 aliphatic carbocycles. The molecular formula is C17H26O5. The number of methoxy groups -OCH3 is 1. The maximum absolute atomic E-state index is 11.2. The molecule has 124 valence electrons. The second-order valence-corrected chi connectivity index (χ2v) is 5.64. The molecule has 5 heteroatoms. The summed E-state index contributed by atoms with van der Waals surface area (Å²) in [5.74, 6) is -0.579. The summed E-state index contributed by atoms with van der Waals surface area (Å²) in [7, 11) is 1.35. The minimum atomic E-state index is -0.494. The number of carbonyl (C=O) groups is 2. The van der Waals surface area contributed by atoms with Crippen LogP contribution >= 0.6 is 0 Å². The van der Waals surface area contributed by atoms with Crippen LogP contribution in [0.3, 0.4) is 0 Å². The molecule has 0 spiro atoms. The molecule has 0 amide bonds. The van der Waals surface area contributed by atoms with E-state index in [1.807, 2.05) is 0 Å². The van der Waals surface area contributed by atoms with Crippen LogP contribution < -0.4 is 0 Å². The van der Waals surface area contributed by atoms with Gasteiger partial charge in [-0.1, -0.05) is 18.6 Å². The van der Waals surface area contributed by atoms with Crippen LogP contribution in [0.4, 0.5) is 0 Å². The first-order valence-electron chi connectivity index (χ1n) is 7.72.